The van der Waals surface area contributed by atoms with E-state index in [0.29, 0.717) is 0 Å². The number of amides is 2. The Morgan fingerprint density at radius 1 is 1.38 bits per heavy atom. The van der Waals surface area contributed by atoms with Gasteiger partial charge in [0.05, 0.1) is 0 Å². The van der Waals surface area contributed by atoms with Crippen LogP contribution in [0.1, 0.15) is 6.92 Å². The first-order valence-electron chi connectivity index (χ1n) is 4.50. The molecule has 0 fully saturated rings. The Labute approximate surface area is 91.3 Å². The number of aliphatic carboxylic acids is 1. The van der Waals surface area contributed by atoms with Crippen molar-refractivity contribution >= 4 is 17.7 Å². The highest BCUT2D eigenvalue weighted by molar-refractivity contribution is 5.96. The zero-order valence-electron chi connectivity index (χ0n) is 8.55. The van der Waals surface area contributed by atoms with Gasteiger partial charge in [0, 0.05) is 5.69 Å². The third kappa shape index (κ3) is 2.47. The fourth-order valence-corrected chi connectivity index (χ4v) is 1.25. The number of rotatable bonds is 3. The summed E-state index contributed by atoms with van der Waals surface area (Å²) in [5, 5.41) is 8.79. The number of primary amides is 1. The van der Waals surface area contributed by atoms with Crippen LogP contribution in [0.4, 0.5) is 14.9 Å². The number of carbonyl (C=O) groups excluding carboxylic acids is 1. The van der Waals surface area contributed by atoms with Gasteiger partial charge in [-0.25, -0.2) is 14.0 Å². The molecule has 0 bridgehead atoms. The summed E-state index contributed by atoms with van der Waals surface area (Å²) in [6.07, 6.45) is 0. The van der Waals surface area contributed by atoms with Crippen molar-refractivity contribution in [2.75, 3.05) is 4.90 Å². The molecule has 1 aromatic rings. The zero-order valence-corrected chi connectivity index (χ0v) is 8.55. The van der Waals surface area contributed by atoms with Gasteiger partial charge in [0.15, 0.2) is 0 Å². The maximum absolute atomic E-state index is 12.7. The largest absolute Gasteiger partial charge is 0.480 e. The third-order valence-corrected chi connectivity index (χ3v) is 2.09. The lowest BCUT2D eigenvalue weighted by Crippen LogP contribution is -2.46. The molecule has 16 heavy (non-hydrogen) atoms. The molecule has 86 valence electrons. The molecule has 0 radical (unpaired) electrons. The molecular weight excluding hydrogens is 215 g/mol. The molecule has 0 aromatic heterocycles. The van der Waals surface area contributed by atoms with Crippen molar-refractivity contribution < 1.29 is 19.1 Å². The van der Waals surface area contributed by atoms with Gasteiger partial charge >= 0.3 is 12.0 Å². The third-order valence-electron chi connectivity index (χ3n) is 2.09. The van der Waals surface area contributed by atoms with Gasteiger partial charge in [-0.15, -0.1) is 0 Å². The molecule has 1 atom stereocenters. The second kappa shape index (κ2) is 4.61. The molecule has 0 unspecified atom stereocenters. The van der Waals surface area contributed by atoms with E-state index in [2.05, 4.69) is 0 Å². The lowest BCUT2D eigenvalue weighted by molar-refractivity contribution is -0.138. The van der Waals surface area contributed by atoms with Crippen LogP contribution in [0.3, 0.4) is 0 Å². The van der Waals surface area contributed by atoms with E-state index in [-0.39, 0.29) is 5.69 Å². The summed E-state index contributed by atoms with van der Waals surface area (Å²) < 4.78 is 12.7. The lowest BCUT2D eigenvalue weighted by Gasteiger charge is -2.24. The van der Waals surface area contributed by atoms with E-state index in [1.54, 1.807) is 0 Å². The molecule has 0 spiro atoms. The summed E-state index contributed by atoms with van der Waals surface area (Å²) in [5.74, 6) is -1.67. The lowest BCUT2D eigenvalue weighted by atomic mass is 10.2. The van der Waals surface area contributed by atoms with Crippen molar-refractivity contribution in [3.63, 3.8) is 0 Å². The molecule has 0 aliphatic rings. The van der Waals surface area contributed by atoms with Gasteiger partial charge in [0.2, 0.25) is 0 Å². The smallest absolute Gasteiger partial charge is 0.326 e. The van der Waals surface area contributed by atoms with Crippen molar-refractivity contribution in [3.05, 3.63) is 30.1 Å². The number of nitrogens with two attached hydrogens (primary N) is 1. The van der Waals surface area contributed by atoms with Crippen LogP contribution in [-0.4, -0.2) is 23.1 Å². The molecule has 0 saturated carbocycles. The summed E-state index contributed by atoms with van der Waals surface area (Å²) in [6, 6.07) is 2.82. The van der Waals surface area contributed by atoms with Crippen molar-refractivity contribution in [2.24, 2.45) is 5.73 Å². The Hall–Kier alpha value is -2.11. The monoisotopic (exact) mass is 226 g/mol. The maximum Gasteiger partial charge on any atom is 0.326 e. The van der Waals surface area contributed by atoms with E-state index < -0.39 is 23.9 Å². The average molecular weight is 226 g/mol. The van der Waals surface area contributed by atoms with Crippen LogP contribution >= 0.6 is 0 Å². The minimum atomic E-state index is -1.19. The van der Waals surface area contributed by atoms with Gasteiger partial charge in [0.1, 0.15) is 11.9 Å². The zero-order chi connectivity index (χ0) is 12.3. The molecular formula is C10H11FN2O3. The number of hydrogen-bond acceptors (Lipinski definition) is 2. The first-order valence-corrected chi connectivity index (χ1v) is 4.50. The van der Waals surface area contributed by atoms with Gasteiger partial charge in [0.25, 0.3) is 0 Å². The van der Waals surface area contributed by atoms with Crippen LogP contribution in [-0.2, 0) is 4.79 Å². The first kappa shape index (κ1) is 12.0. The number of carboxylic acids is 1. The van der Waals surface area contributed by atoms with Gasteiger partial charge in [-0.1, -0.05) is 0 Å². The van der Waals surface area contributed by atoms with Crippen LogP contribution in [0.5, 0.6) is 0 Å². The molecule has 1 rings (SSSR count). The van der Waals surface area contributed by atoms with E-state index in [9.17, 15) is 14.0 Å². The number of urea groups is 1. The summed E-state index contributed by atoms with van der Waals surface area (Å²) in [5.41, 5.74) is 5.32. The first-order chi connectivity index (χ1) is 7.43. The predicted molar refractivity (Wildman–Crippen MR) is 55.6 cm³/mol. The van der Waals surface area contributed by atoms with Crippen molar-refractivity contribution in [1.82, 2.24) is 0 Å². The molecule has 6 heteroatoms. The van der Waals surface area contributed by atoms with Crippen molar-refractivity contribution in [3.8, 4) is 0 Å². The molecule has 0 aliphatic carbocycles. The Morgan fingerprint density at radius 3 is 2.25 bits per heavy atom. The van der Waals surface area contributed by atoms with E-state index in [0.717, 1.165) is 17.0 Å². The second-order valence-electron chi connectivity index (χ2n) is 3.20. The normalized spacial score (nSPS) is 11.9. The number of anilines is 1. The molecule has 1 aromatic carbocycles. The van der Waals surface area contributed by atoms with Crippen LogP contribution in [0.25, 0.3) is 0 Å². The number of carboxylic acid groups (broad SMARTS) is 1. The minimum absolute atomic E-state index is 0.240. The van der Waals surface area contributed by atoms with Crippen LogP contribution in [0.2, 0.25) is 0 Å². The summed E-state index contributed by atoms with van der Waals surface area (Å²) >= 11 is 0. The molecule has 0 saturated heterocycles. The van der Waals surface area contributed by atoms with Crippen molar-refractivity contribution in [1.29, 1.82) is 0 Å². The number of carbonyl (C=O) groups is 2. The number of nitrogens with zero attached hydrogens (tertiary/aromatic N) is 1. The van der Waals surface area contributed by atoms with Crippen LogP contribution < -0.4 is 10.6 Å². The summed E-state index contributed by atoms with van der Waals surface area (Å²) in [6.45, 7) is 1.32. The predicted octanol–water partition coefficient (Wildman–Crippen LogP) is 1.18. The Morgan fingerprint density at radius 2 is 1.88 bits per heavy atom. The SMILES string of the molecule is C[C@H](C(=O)O)N(C(N)=O)c1ccc(F)cc1. The minimum Gasteiger partial charge on any atom is -0.480 e. The fourth-order valence-electron chi connectivity index (χ4n) is 1.25. The number of benzene rings is 1. The highest BCUT2D eigenvalue weighted by atomic mass is 19.1. The molecule has 0 aliphatic heterocycles. The van der Waals surface area contributed by atoms with Crippen LogP contribution in [0.15, 0.2) is 24.3 Å². The number of halogens is 1. The average Bonchev–Trinajstić information content (AvgIpc) is 2.20. The highest BCUT2D eigenvalue weighted by Crippen LogP contribution is 2.17. The standard InChI is InChI=1S/C10H11FN2O3/c1-6(9(14)15)13(10(12)16)8-4-2-7(11)3-5-8/h2-6H,1H3,(H2,12,16)(H,14,15)/t6-/m1/s1. The van der Waals surface area contributed by atoms with E-state index in [1.165, 1.54) is 19.1 Å². The van der Waals surface area contributed by atoms with E-state index in [1.807, 2.05) is 0 Å². The van der Waals surface area contributed by atoms with Crippen molar-refractivity contribution in [2.45, 2.75) is 13.0 Å². The van der Waals surface area contributed by atoms with E-state index >= 15 is 0 Å². The Kier molecular flexibility index (Phi) is 3.44. The molecule has 2 amide bonds. The van der Waals surface area contributed by atoms with Gasteiger partial charge in [-0.3, -0.25) is 4.90 Å². The Bertz CT molecular complexity index is 405. The summed E-state index contributed by atoms with van der Waals surface area (Å²) in [7, 11) is 0. The topological polar surface area (TPSA) is 83.6 Å². The van der Waals surface area contributed by atoms with Gasteiger partial charge < -0.3 is 10.8 Å². The van der Waals surface area contributed by atoms with Crippen LogP contribution in [0, 0.1) is 5.82 Å². The maximum atomic E-state index is 12.7. The summed E-state index contributed by atoms with van der Waals surface area (Å²) in [4.78, 5) is 22.8. The van der Waals surface area contributed by atoms with E-state index in [4.69, 9.17) is 10.8 Å². The molecule has 3 N–H and O–H groups in total. The molecule has 0 heterocycles. The Balaban J connectivity index is 3.07. The second-order valence-corrected chi connectivity index (χ2v) is 3.20. The highest BCUT2D eigenvalue weighted by Gasteiger charge is 2.25. The fraction of sp³-hybridized carbons (Fsp3) is 0.200. The van der Waals surface area contributed by atoms with Gasteiger partial charge in [-0.2, -0.15) is 0 Å². The van der Waals surface area contributed by atoms with Gasteiger partial charge in [-0.05, 0) is 31.2 Å². The number of hydrogen-bond donors (Lipinski definition) is 2. The molecule has 5 nitrogen and oxygen atoms in total. The quantitative estimate of drug-likeness (QED) is 0.811.